The minimum absolute atomic E-state index is 0.838. The third kappa shape index (κ3) is 6.16. The summed E-state index contributed by atoms with van der Waals surface area (Å²) in [5.41, 5.74) is 14.2. The summed E-state index contributed by atoms with van der Waals surface area (Å²) in [5.74, 6) is 0. The Morgan fingerprint density at radius 3 is 1.12 bits per heavy atom. The lowest BCUT2D eigenvalue weighted by atomic mass is 9.98. The van der Waals surface area contributed by atoms with Gasteiger partial charge in [-0.05, 0) is 142 Å². The lowest BCUT2D eigenvalue weighted by Gasteiger charge is -2.29. The molecule has 0 radical (unpaired) electrons. The molecule has 0 aliphatic heterocycles. The van der Waals surface area contributed by atoms with Crippen LogP contribution in [0.3, 0.4) is 0 Å². The molecule has 0 aliphatic rings. The summed E-state index contributed by atoms with van der Waals surface area (Å²) >= 11 is 0. The molecule has 0 aliphatic carbocycles. The van der Waals surface area contributed by atoms with Crippen LogP contribution in [0.5, 0.6) is 0 Å². The Morgan fingerprint density at radius 1 is 0.277 bits per heavy atom. The van der Waals surface area contributed by atoms with Crippen molar-refractivity contribution in [2.24, 2.45) is 0 Å². The number of para-hydroxylation sites is 2. The Bertz CT molecular complexity index is 3640. The van der Waals surface area contributed by atoms with Gasteiger partial charge in [-0.1, -0.05) is 109 Å². The number of furan rings is 3. The molecule has 0 spiro atoms. The Hall–Kier alpha value is -8.80. The van der Waals surface area contributed by atoms with E-state index in [2.05, 4.69) is 228 Å². The monoisotopic (exact) mass is 834 g/mol. The van der Waals surface area contributed by atoms with Crippen molar-refractivity contribution in [3.63, 3.8) is 0 Å². The van der Waals surface area contributed by atoms with E-state index in [4.69, 9.17) is 13.3 Å². The summed E-state index contributed by atoms with van der Waals surface area (Å²) in [6, 6.07) is 77.2. The molecule has 0 N–H and O–H groups in total. The zero-order valence-electron chi connectivity index (χ0n) is 35.1. The summed E-state index contributed by atoms with van der Waals surface area (Å²) in [6.45, 7) is 0. The van der Waals surface area contributed by atoms with Gasteiger partial charge >= 0.3 is 0 Å². The molecular weight excluding hydrogens is 797 g/mol. The molecule has 0 fully saturated rings. The van der Waals surface area contributed by atoms with Gasteiger partial charge in [-0.25, -0.2) is 0 Å². The lowest BCUT2D eigenvalue weighted by molar-refractivity contribution is 0.615. The summed E-state index contributed by atoms with van der Waals surface area (Å²) < 4.78 is 18.8. The van der Waals surface area contributed by atoms with Crippen LogP contribution in [0.4, 0.5) is 34.1 Å². The molecule has 5 nitrogen and oxygen atoms in total. The van der Waals surface area contributed by atoms with E-state index in [0.29, 0.717) is 0 Å². The summed E-state index contributed by atoms with van der Waals surface area (Å²) in [7, 11) is 0. The van der Waals surface area contributed by atoms with Gasteiger partial charge < -0.3 is 23.1 Å². The van der Waals surface area contributed by atoms with Gasteiger partial charge in [-0.2, -0.15) is 0 Å². The van der Waals surface area contributed by atoms with Crippen molar-refractivity contribution in [3.05, 3.63) is 231 Å². The van der Waals surface area contributed by atoms with Crippen LogP contribution >= 0.6 is 0 Å². The first-order valence-corrected chi connectivity index (χ1v) is 21.9. The van der Waals surface area contributed by atoms with Crippen molar-refractivity contribution in [2.45, 2.75) is 0 Å². The second-order valence-electron chi connectivity index (χ2n) is 16.5. The fraction of sp³-hybridized carbons (Fsp3) is 0. The maximum Gasteiger partial charge on any atom is 0.136 e. The smallest absolute Gasteiger partial charge is 0.136 e. The Balaban J connectivity index is 0.957. The highest BCUT2D eigenvalue weighted by molar-refractivity contribution is 6.15. The molecule has 10 aromatic carbocycles. The molecule has 13 aromatic rings. The Kier molecular flexibility index (Phi) is 8.46. The molecule has 306 valence electrons. The fourth-order valence-electron chi connectivity index (χ4n) is 9.72. The molecule has 0 saturated carbocycles. The normalized spacial score (nSPS) is 11.7. The van der Waals surface area contributed by atoms with Crippen molar-refractivity contribution in [1.82, 2.24) is 0 Å². The number of nitrogens with zero attached hydrogens (tertiary/aromatic N) is 2. The van der Waals surface area contributed by atoms with Crippen LogP contribution < -0.4 is 9.80 Å². The van der Waals surface area contributed by atoms with Gasteiger partial charge in [0.15, 0.2) is 0 Å². The average Bonchev–Trinajstić information content (AvgIpc) is 4.13. The van der Waals surface area contributed by atoms with Crippen LogP contribution in [-0.2, 0) is 0 Å². The number of benzene rings is 10. The quantitative estimate of drug-likeness (QED) is 0.153. The van der Waals surface area contributed by atoms with Gasteiger partial charge in [0.1, 0.15) is 22.3 Å². The molecule has 0 unspecified atom stereocenters. The molecule has 3 aromatic heterocycles. The third-order valence-electron chi connectivity index (χ3n) is 12.7. The van der Waals surface area contributed by atoms with Crippen LogP contribution in [0.15, 0.2) is 244 Å². The molecule has 13 rings (SSSR count). The number of fused-ring (bicyclic) bond motifs is 7. The zero-order chi connectivity index (χ0) is 42.8. The van der Waals surface area contributed by atoms with E-state index in [0.717, 1.165) is 122 Å². The van der Waals surface area contributed by atoms with Crippen molar-refractivity contribution in [2.75, 3.05) is 9.80 Å². The van der Waals surface area contributed by atoms with Crippen LogP contribution in [0, 0.1) is 0 Å². The SMILES string of the molecule is c1ccc(-c2ccc3occc3c2N(c2ccccc2)c2ccc3cc4c(cc3c2)oc2cc3cc(N(c5ccccc5)c5c(-c6ccccc6)ccc6occc56)ccc3cc24)cc1. The maximum atomic E-state index is 6.80. The highest BCUT2D eigenvalue weighted by atomic mass is 16.3. The zero-order valence-corrected chi connectivity index (χ0v) is 35.1. The molecule has 3 heterocycles. The highest BCUT2D eigenvalue weighted by Crippen LogP contribution is 2.48. The predicted octanol–water partition coefficient (Wildman–Crippen LogP) is 17.7. The van der Waals surface area contributed by atoms with Gasteiger partial charge in [0.2, 0.25) is 0 Å². The first-order valence-electron chi connectivity index (χ1n) is 21.9. The Morgan fingerprint density at radius 2 is 0.692 bits per heavy atom. The molecule has 5 heteroatoms. The number of hydrogen-bond donors (Lipinski definition) is 0. The van der Waals surface area contributed by atoms with E-state index in [1.54, 1.807) is 12.5 Å². The number of rotatable bonds is 8. The lowest BCUT2D eigenvalue weighted by Crippen LogP contribution is -2.11. The molecule has 0 atom stereocenters. The average molecular weight is 835 g/mol. The first-order chi connectivity index (χ1) is 32.2. The molecule has 0 saturated heterocycles. The van der Waals surface area contributed by atoms with E-state index in [-0.39, 0.29) is 0 Å². The highest BCUT2D eigenvalue weighted by Gasteiger charge is 2.24. The van der Waals surface area contributed by atoms with Gasteiger partial charge in [0.25, 0.3) is 0 Å². The van der Waals surface area contributed by atoms with E-state index < -0.39 is 0 Å². The third-order valence-corrected chi connectivity index (χ3v) is 12.7. The molecule has 0 amide bonds. The minimum atomic E-state index is 0.838. The van der Waals surface area contributed by atoms with Crippen molar-refractivity contribution < 1.29 is 13.3 Å². The van der Waals surface area contributed by atoms with Gasteiger partial charge in [-0.15, -0.1) is 0 Å². The van der Waals surface area contributed by atoms with Gasteiger partial charge in [0, 0.05) is 55.4 Å². The van der Waals surface area contributed by atoms with Gasteiger partial charge in [-0.3, -0.25) is 0 Å². The molecular formula is C60H38N2O3. The summed E-state index contributed by atoms with van der Waals surface area (Å²) in [6.07, 6.45) is 3.55. The summed E-state index contributed by atoms with van der Waals surface area (Å²) in [5, 5.41) is 8.71. The second kappa shape index (κ2) is 14.9. The van der Waals surface area contributed by atoms with Crippen LogP contribution in [0.25, 0.3) is 87.7 Å². The predicted molar refractivity (Wildman–Crippen MR) is 269 cm³/mol. The van der Waals surface area contributed by atoms with E-state index in [9.17, 15) is 0 Å². The van der Waals surface area contributed by atoms with Crippen molar-refractivity contribution >= 4 is 99.5 Å². The van der Waals surface area contributed by atoms with Crippen LogP contribution in [-0.4, -0.2) is 0 Å². The summed E-state index contributed by atoms with van der Waals surface area (Å²) in [4.78, 5) is 4.70. The largest absolute Gasteiger partial charge is 0.464 e. The number of hydrogen-bond acceptors (Lipinski definition) is 5. The molecule has 0 bridgehead atoms. The van der Waals surface area contributed by atoms with E-state index >= 15 is 0 Å². The van der Waals surface area contributed by atoms with Gasteiger partial charge in [0.05, 0.1) is 23.9 Å². The Labute approximate surface area is 374 Å². The van der Waals surface area contributed by atoms with E-state index in [1.807, 2.05) is 0 Å². The van der Waals surface area contributed by atoms with E-state index in [1.165, 1.54) is 0 Å². The van der Waals surface area contributed by atoms with Crippen molar-refractivity contribution in [3.8, 4) is 22.3 Å². The molecule has 65 heavy (non-hydrogen) atoms. The van der Waals surface area contributed by atoms with Crippen molar-refractivity contribution in [1.29, 1.82) is 0 Å². The minimum Gasteiger partial charge on any atom is -0.464 e. The fourth-order valence-corrected chi connectivity index (χ4v) is 9.72. The topological polar surface area (TPSA) is 45.9 Å². The first kappa shape index (κ1) is 36.8. The maximum absolute atomic E-state index is 6.80. The van der Waals surface area contributed by atoms with Crippen LogP contribution in [0.1, 0.15) is 0 Å². The van der Waals surface area contributed by atoms with Crippen LogP contribution in [0.2, 0.25) is 0 Å². The second-order valence-corrected chi connectivity index (χ2v) is 16.5. The standard InChI is InChI=1S/C60H38N2O3/c1-5-13-39(14-6-1)49-25-27-55-51(29-31-63-55)59(49)61(45-17-9-3-10-18-45)47-23-21-41-35-53-54-36-42-22-24-48(34-44(42)38-58(54)65-57(53)37-43(41)33-47)62(46-19-11-4-12-20-46)60-50(40-15-7-2-8-16-40)26-28-56-52(60)30-32-64-56/h1-38H. The number of anilines is 6.